The Hall–Kier alpha value is -2.25. The Bertz CT molecular complexity index is 1050. The highest BCUT2D eigenvalue weighted by Crippen LogP contribution is 2.19. The lowest BCUT2D eigenvalue weighted by Crippen LogP contribution is -2.26. The number of nitrogens with zero attached hydrogens (tertiary/aromatic N) is 3. The van der Waals surface area contributed by atoms with E-state index in [0.717, 1.165) is 40.0 Å². The highest BCUT2D eigenvalue weighted by molar-refractivity contribution is 7.89. The lowest BCUT2D eigenvalue weighted by atomic mass is 10.1. The van der Waals surface area contributed by atoms with Gasteiger partial charge in [-0.2, -0.15) is 5.10 Å². The summed E-state index contributed by atoms with van der Waals surface area (Å²) >= 11 is 0. The lowest BCUT2D eigenvalue weighted by Gasteiger charge is -2.12. The van der Waals surface area contributed by atoms with E-state index in [1.54, 1.807) is 10.6 Å². The number of rotatable bonds is 6. The van der Waals surface area contributed by atoms with E-state index < -0.39 is 10.0 Å². The van der Waals surface area contributed by atoms with Gasteiger partial charge in [-0.3, -0.25) is 0 Å². The molecule has 1 N–H and O–H groups in total. The van der Waals surface area contributed by atoms with Crippen LogP contribution in [0.25, 0.3) is 5.65 Å². The van der Waals surface area contributed by atoms with Crippen LogP contribution in [0, 0.1) is 27.7 Å². The molecule has 0 unspecified atom stereocenters. The van der Waals surface area contributed by atoms with Crippen LogP contribution in [0.3, 0.4) is 0 Å². The summed E-state index contributed by atoms with van der Waals surface area (Å²) in [5.41, 5.74) is 5.61. The van der Waals surface area contributed by atoms with Crippen molar-refractivity contribution < 1.29 is 8.42 Å². The van der Waals surface area contributed by atoms with Gasteiger partial charge in [0.2, 0.25) is 10.0 Å². The summed E-state index contributed by atoms with van der Waals surface area (Å²) < 4.78 is 29.6. The quantitative estimate of drug-likeness (QED) is 0.675. The molecule has 0 fully saturated rings. The van der Waals surface area contributed by atoms with Crippen LogP contribution >= 0.6 is 0 Å². The summed E-state index contributed by atoms with van der Waals surface area (Å²) in [6.45, 7) is 8.04. The Kier molecular flexibility index (Phi) is 5.11. The summed E-state index contributed by atoms with van der Waals surface area (Å²) in [6.07, 6.45) is 5.18. The molecule has 0 aliphatic rings. The third-order valence-electron chi connectivity index (χ3n) is 4.50. The second-order valence-electron chi connectivity index (χ2n) is 6.75. The molecule has 0 spiro atoms. The van der Waals surface area contributed by atoms with Crippen molar-refractivity contribution >= 4 is 15.7 Å². The average Bonchev–Trinajstić information content (AvgIpc) is 2.94. The molecule has 3 aromatic rings. The monoisotopic (exact) mass is 372 g/mol. The molecule has 2 heterocycles. The normalized spacial score (nSPS) is 12.0. The summed E-state index contributed by atoms with van der Waals surface area (Å²) in [5, 5.41) is 4.35. The maximum atomic E-state index is 12.6. The van der Waals surface area contributed by atoms with Crippen LogP contribution in [0.1, 0.15) is 34.4 Å². The van der Waals surface area contributed by atoms with Crippen molar-refractivity contribution in [1.82, 2.24) is 19.3 Å². The molecule has 26 heavy (non-hydrogen) atoms. The van der Waals surface area contributed by atoms with Crippen molar-refractivity contribution in [2.45, 2.75) is 45.4 Å². The van der Waals surface area contributed by atoms with E-state index in [9.17, 15) is 8.42 Å². The molecule has 0 aliphatic carbocycles. The van der Waals surface area contributed by atoms with Crippen LogP contribution in [0.5, 0.6) is 0 Å². The Morgan fingerprint density at radius 2 is 1.77 bits per heavy atom. The van der Waals surface area contributed by atoms with Gasteiger partial charge in [0, 0.05) is 25.0 Å². The highest BCUT2D eigenvalue weighted by Gasteiger charge is 2.17. The van der Waals surface area contributed by atoms with Gasteiger partial charge >= 0.3 is 0 Å². The van der Waals surface area contributed by atoms with E-state index in [4.69, 9.17) is 0 Å². The van der Waals surface area contributed by atoms with Crippen LogP contribution < -0.4 is 4.72 Å². The Balaban J connectivity index is 1.62. The molecule has 7 heteroatoms. The Morgan fingerprint density at radius 1 is 1.04 bits per heavy atom. The highest BCUT2D eigenvalue weighted by atomic mass is 32.2. The van der Waals surface area contributed by atoms with Crippen LogP contribution in [0.2, 0.25) is 0 Å². The fourth-order valence-corrected chi connectivity index (χ4v) is 4.35. The molecule has 0 saturated carbocycles. The number of fused-ring (bicyclic) bond motifs is 1. The fraction of sp³-hybridized carbons (Fsp3) is 0.368. The van der Waals surface area contributed by atoms with Gasteiger partial charge in [0.05, 0.1) is 10.6 Å². The summed E-state index contributed by atoms with van der Waals surface area (Å²) in [4.78, 5) is 4.73. The number of benzene rings is 1. The van der Waals surface area contributed by atoms with E-state index in [1.807, 2.05) is 52.2 Å². The third-order valence-corrected chi connectivity index (χ3v) is 6.11. The summed E-state index contributed by atoms with van der Waals surface area (Å²) in [6, 6.07) is 5.57. The van der Waals surface area contributed by atoms with E-state index >= 15 is 0 Å². The van der Waals surface area contributed by atoms with Gasteiger partial charge in [-0.15, -0.1) is 0 Å². The summed E-state index contributed by atoms with van der Waals surface area (Å²) in [5.74, 6) is 0. The van der Waals surface area contributed by atoms with Gasteiger partial charge in [0.25, 0.3) is 0 Å². The van der Waals surface area contributed by atoms with Gasteiger partial charge in [-0.05, 0) is 68.9 Å². The number of hydrogen-bond acceptors (Lipinski definition) is 4. The lowest BCUT2D eigenvalue weighted by molar-refractivity contribution is 0.578. The van der Waals surface area contributed by atoms with Crippen LogP contribution in [-0.2, 0) is 16.4 Å². The number of aryl methyl sites for hydroxylation is 5. The minimum Gasteiger partial charge on any atom is -0.237 e. The molecular formula is C19H24N4O2S. The molecule has 0 atom stereocenters. The minimum atomic E-state index is -3.50. The predicted octanol–water partition coefficient (Wildman–Crippen LogP) is 2.87. The molecule has 138 valence electrons. The van der Waals surface area contributed by atoms with Gasteiger partial charge in [-0.1, -0.05) is 6.07 Å². The first-order chi connectivity index (χ1) is 12.3. The fourth-order valence-electron chi connectivity index (χ4n) is 2.96. The molecular weight excluding hydrogens is 348 g/mol. The van der Waals surface area contributed by atoms with Crippen LogP contribution in [0.15, 0.2) is 35.5 Å². The zero-order valence-electron chi connectivity index (χ0n) is 15.6. The van der Waals surface area contributed by atoms with Crippen molar-refractivity contribution in [3.63, 3.8) is 0 Å². The number of nitrogens with one attached hydrogen (secondary N) is 1. The number of hydrogen-bond donors (Lipinski definition) is 1. The maximum absolute atomic E-state index is 12.6. The average molecular weight is 372 g/mol. The van der Waals surface area contributed by atoms with E-state index in [-0.39, 0.29) is 0 Å². The zero-order valence-corrected chi connectivity index (χ0v) is 16.4. The van der Waals surface area contributed by atoms with Crippen molar-refractivity contribution in [2.24, 2.45) is 0 Å². The molecule has 1 aromatic carbocycles. The van der Waals surface area contributed by atoms with Crippen molar-refractivity contribution in [3.05, 3.63) is 58.5 Å². The van der Waals surface area contributed by atoms with E-state index in [0.29, 0.717) is 17.9 Å². The van der Waals surface area contributed by atoms with Gasteiger partial charge in [-0.25, -0.2) is 22.6 Å². The molecule has 0 aliphatic heterocycles. The van der Waals surface area contributed by atoms with Crippen LogP contribution in [0.4, 0.5) is 0 Å². The smallest absolute Gasteiger partial charge is 0.237 e. The van der Waals surface area contributed by atoms with Gasteiger partial charge in [0.1, 0.15) is 0 Å². The van der Waals surface area contributed by atoms with E-state index in [2.05, 4.69) is 14.8 Å². The van der Waals surface area contributed by atoms with Crippen LogP contribution in [-0.4, -0.2) is 29.6 Å². The number of sulfonamides is 1. The molecule has 0 bridgehead atoms. The van der Waals surface area contributed by atoms with E-state index in [1.165, 1.54) is 0 Å². The Labute approximate surface area is 154 Å². The van der Waals surface area contributed by atoms with Crippen molar-refractivity contribution in [1.29, 1.82) is 0 Å². The van der Waals surface area contributed by atoms with Crippen molar-refractivity contribution in [3.8, 4) is 0 Å². The molecule has 6 nitrogen and oxygen atoms in total. The SMILES string of the molecule is Cc1cc2ncc(CCCNS(=O)(=O)c3cc(C)c(C)cc3C)cn2n1. The van der Waals surface area contributed by atoms with Gasteiger partial charge < -0.3 is 0 Å². The van der Waals surface area contributed by atoms with Gasteiger partial charge in [0.15, 0.2) is 5.65 Å². The molecule has 3 rings (SSSR count). The first kappa shape index (κ1) is 18.5. The first-order valence-corrected chi connectivity index (χ1v) is 10.1. The first-order valence-electron chi connectivity index (χ1n) is 8.65. The molecule has 0 amide bonds. The molecule has 2 aromatic heterocycles. The maximum Gasteiger partial charge on any atom is 0.240 e. The largest absolute Gasteiger partial charge is 0.240 e. The third kappa shape index (κ3) is 3.94. The topological polar surface area (TPSA) is 76.4 Å². The zero-order chi connectivity index (χ0) is 18.9. The Morgan fingerprint density at radius 3 is 2.54 bits per heavy atom. The predicted molar refractivity (Wildman–Crippen MR) is 102 cm³/mol. The molecule has 0 radical (unpaired) electrons. The summed E-state index contributed by atoms with van der Waals surface area (Å²) in [7, 11) is -3.50. The standard InChI is InChI=1S/C19H24N4O2S/c1-13-8-15(3)18(9-14(13)2)26(24,25)21-7-5-6-17-11-20-19-10-16(4)22-23(19)12-17/h8-12,21H,5-7H2,1-4H3. The second-order valence-corrected chi connectivity index (χ2v) is 8.49. The number of aromatic nitrogens is 3. The molecule has 0 saturated heterocycles. The second kappa shape index (κ2) is 7.17. The minimum absolute atomic E-state index is 0.357. The van der Waals surface area contributed by atoms with Crippen molar-refractivity contribution in [2.75, 3.05) is 6.54 Å².